The first-order chi connectivity index (χ1) is 16.1. The van der Waals surface area contributed by atoms with Crippen molar-refractivity contribution in [3.05, 3.63) is 89.3 Å². The summed E-state index contributed by atoms with van der Waals surface area (Å²) < 4.78 is 32.5. The topological polar surface area (TPSA) is 87.7 Å². The van der Waals surface area contributed by atoms with Gasteiger partial charge in [0.2, 0.25) is 10.0 Å². The average molecular weight is 480 g/mol. The lowest BCUT2D eigenvalue weighted by atomic mass is 9.83. The van der Waals surface area contributed by atoms with Gasteiger partial charge in [-0.05, 0) is 52.8 Å². The zero-order valence-corrected chi connectivity index (χ0v) is 20.6. The summed E-state index contributed by atoms with van der Waals surface area (Å²) in [5, 5.41) is 2.74. The minimum atomic E-state index is -3.38. The van der Waals surface area contributed by atoms with Crippen LogP contribution in [0.2, 0.25) is 0 Å². The Labute approximate surface area is 200 Å². The summed E-state index contributed by atoms with van der Waals surface area (Å²) in [7, 11) is -1.74. The second kappa shape index (κ2) is 9.12. The van der Waals surface area contributed by atoms with E-state index < -0.39 is 10.0 Å². The molecule has 0 radical (unpaired) electrons. The number of carbonyl (C=O) groups excluding carboxylic acids is 1. The summed E-state index contributed by atoms with van der Waals surface area (Å²) in [5.41, 5.74) is 5.81. The van der Waals surface area contributed by atoms with Gasteiger partial charge in [0, 0.05) is 17.5 Å². The van der Waals surface area contributed by atoms with E-state index in [0.717, 1.165) is 33.6 Å². The van der Waals surface area contributed by atoms with Gasteiger partial charge in [0.15, 0.2) is 0 Å². The second-order valence-electron chi connectivity index (χ2n) is 8.79. The minimum Gasteiger partial charge on any atom is -0.496 e. The Balaban J connectivity index is 1.90. The maximum atomic E-state index is 12.7. The van der Waals surface area contributed by atoms with Crippen molar-refractivity contribution in [1.82, 2.24) is 10.0 Å². The first kappa shape index (κ1) is 23.8. The molecule has 2 aliphatic rings. The van der Waals surface area contributed by atoms with E-state index in [4.69, 9.17) is 4.74 Å². The zero-order chi connectivity index (χ0) is 24.6. The van der Waals surface area contributed by atoms with Crippen molar-refractivity contribution in [2.45, 2.75) is 32.2 Å². The van der Waals surface area contributed by atoms with Gasteiger partial charge in [-0.15, -0.1) is 0 Å². The smallest absolute Gasteiger partial charge is 0.330 e. The number of carbonyl (C=O) groups is 1. The number of nitrogens with one attached hydrogen (secondary N) is 2. The molecule has 1 atom stereocenters. The molecular weight excluding hydrogens is 450 g/mol. The largest absolute Gasteiger partial charge is 0.496 e. The quantitative estimate of drug-likeness (QED) is 0.623. The molecule has 1 aliphatic carbocycles. The van der Waals surface area contributed by atoms with E-state index in [-0.39, 0.29) is 18.0 Å². The Bertz CT molecular complexity index is 1330. The van der Waals surface area contributed by atoms with Crippen molar-refractivity contribution in [3.63, 3.8) is 0 Å². The highest BCUT2D eigenvalue weighted by Gasteiger charge is 2.28. The predicted octanol–water partition coefficient (Wildman–Crippen LogP) is 4.80. The number of allylic oxidation sites excluding steroid dienone is 1. The number of hydrogen-bond acceptors (Lipinski definition) is 4. The molecule has 0 aromatic heterocycles. The standard InChI is InChI=1S/C26H29N3O4S/c1-16(2)22-14-18(29-13-12-17(3)27-26(29)30)15-23(25(22)33-4)20-10-11-24(28-34(5,31)32)21-9-7-6-8-19(20)21/h6-10,12-16,24,28H,3,11H2,1-2,4-5H3,(H,27,30). The van der Waals surface area contributed by atoms with E-state index in [1.807, 2.05) is 42.5 Å². The number of anilines is 1. The summed E-state index contributed by atoms with van der Waals surface area (Å²) >= 11 is 0. The Kier molecular flexibility index (Phi) is 6.38. The number of urea groups is 1. The van der Waals surface area contributed by atoms with Crippen LogP contribution in [0.4, 0.5) is 10.5 Å². The maximum absolute atomic E-state index is 12.7. The molecule has 0 saturated heterocycles. The maximum Gasteiger partial charge on any atom is 0.330 e. The fourth-order valence-corrected chi connectivity index (χ4v) is 5.19. The predicted molar refractivity (Wildman–Crippen MR) is 135 cm³/mol. The van der Waals surface area contributed by atoms with Crippen LogP contribution >= 0.6 is 0 Å². The molecule has 0 spiro atoms. The molecule has 0 fully saturated rings. The van der Waals surface area contributed by atoms with E-state index in [2.05, 4.69) is 30.5 Å². The van der Waals surface area contributed by atoms with E-state index in [1.165, 1.54) is 6.26 Å². The number of hydrogen-bond donors (Lipinski definition) is 2. The van der Waals surface area contributed by atoms with Gasteiger partial charge < -0.3 is 10.1 Å². The van der Waals surface area contributed by atoms with Crippen molar-refractivity contribution >= 4 is 27.3 Å². The third kappa shape index (κ3) is 4.64. The second-order valence-corrected chi connectivity index (χ2v) is 10.6. The highest BCUT2D eigenvalue weighted by atomic mass is 32.2. The van der Waals surface area contributed by atoms with Crippen molar-refractivity contribution in [2.75, 3.05) is 18.3 Å². The van der Waals surface area contributed by atoms with E-state index >= 15 is 0 Å². The van der Waals surface area contributed by atoms with Crippen molar-refractivity contribution in [3.8, 4) is 5.75 Å². The molecule has 2 aromatic rings. The Morgan fingerprint density at radius 3 is 2.59 bits per heavy atom. The lowest BCUT2D eigenvalue weighted by Crippen LogP contribution is -2.38. The summed E-state index contributed by atoms with van der Waals surface area (Å²) in [5.74, 6) is 0.875. The van der Waals surface area contributed by atoms with Crippen LogP contribution in [0.5, 0.6) is 5.75 Å². The number of sulfonamides is 1. The van der Waals surface area contributed by atoms with Crippen LogP contribution in [0.3, 0.4) is 0 Å². The van der Waals surface area contributed by atoms with Gasteiger partial charge >= 0.3 is 6.03 Å². The van der Waals surface area contributed by atoms with Crippen LogP contribution in [0.15, 0.2) is 67.0 Å². The molecule has 1 unspecified atom stereocenters. The molecule has 178 valence electrons. The number of benzene rings is 2. The molecule has 2 aromatic carbocycles. The molecule has 4 rings (SSSR count). The van der Waals surface area contributed by atoms with Crippen molar-refractivity contribution in [1.29, 1.82) is 0 Å². The number of amides is 2. The van der Waals surface area contributed by atoms with Crippen LogP contribution in [0.1, 0.15) is 54.5 Å². The summed E-state index contributed by atoms with van der Waals surface area (Å²) in [6, 6.07) is 11.0. The van der Waals surface area contributed by atoms with Crippen LogP contribution in [0, 0.1) is 0 Å². The molecule has 1 heterocycles. The molecular formula is C26H29N3O4S. The fraction of sp³-hybridized carbons (Fsp3) is 0.269. The number of ether oxygens (including phenoxy) is 1. The van der Waals surface area contributed by atoms with Gasteiger partial charge in [-0.2, -0.15) is 0 Å². The number of rotatable bonds is 6. The Morgan fingerprint density at radius 2 is 1.94 bits per heavy atom. The van der Waals surface area contributed by atoms with Crippen LogP contribution < -0.4 is 19.7 Å². The van der Waals surface area contributed by atoms with Gasteiger partial charge in [-0.1, -0.05) is 50.8 Å². The van der Waals surface area contributed by atoms with Gasteiger partial charge in [0.1, 0.15) is 5.75 Å². The van der Waals surface area contributed by atoms with Crippen molar-refractivity contribution in [2.24, 2.45) is 0 Å². The molecule has 0 bridgehead atoms. The summed E-state index contributed by atoms with van der Waals surface area (Å²) in [6.07, 6.45) is 7.14. The first-order valence-electron chi connectivity index (χ1n) is 11.1. The number of methoxy groups -OCH3 is 1. The minimum absolute atomic E-state index is 0.138. The monoisotopic (exact) mass is 479 g/mol. The lowest BCUT2D eigenvalue weighted by molar-refractivity contribution is 0.250. The SMILES string of the molecule is C=C1C=CN(c2cc(C3=CCC(NS(C)(=O)=O)c4ccccc43)c(OC)c(C(C)C)c2)C(=O)N1. The average Bonchev–Trinajstić information content (AvgIpc) is 2.77. The van der Waals surface area contributed by atoms with Gasteiger partial charge in [0.25, 0.3) is 0 Å². The molecule has 8 heteroatoms. The van der Waals surface area contributed by atoms with E-state index in [9.17, 15) is 13.2 Å². The van der Waals surface area contributed by atoms with Gasteiger partial charge in [-0.3, -0.25) is 4.90 Å². The van der Waals surface area contributed by atoms with Gasteiger partial charge in [0.05, 0.1) is 25.1 Å². The Hall–Kier alpha value is -3.36. The molecule has 2 N–H and O–H groups in total. The number of nitrogens with zero attached hydrogens (tertiary/aromatic N) is 1. The van der Waals surface area contributed by atoms with Gasteiger partial charge in [-0.25, -0.2) is 17.9 Å². The van der Waals surface area contributed by atoms with Crippen molar-refractivity contribution < 1.29 is 17.9 Å². The molecule has 0 saturated carbocycles. The summed E-state index contributed by atoms with van der Waals surface area (Å²) in [6.45, 7) is 7.95. The Morgan fingerprint density at radius 1 is 1.21 bits per heavy atom. The van der Waals surface area contributed by atoms with E-state index in [0.29, 0.717) is 17.8 Å². The lowest BCUT2D eigenvalue weighted by Gasteiger charge is -2.29. The zero-order valence-electron chi connectivity index (χ0n) is 19.8. The third-order valence-electron chi connectivity index (χ3n) is 5.95. The highest BCUT2D eigenvalue weighted by molar-refractivity contribution is 7.88. The molecule has 1 aliphatic heterocycles. The van der Waals surface area contributed by atoms with Crippen LogP contribution in [-0.2, 0) is 10.0 Å². The normalized spacial score (nSPS) is 18.0. The third-order valence-corrected chi connectivity index (χ3v) is 6.66. The molecule has 7 nitrogen and oxygen atoms in total. The molecule has 34 heavy (non-hydrogen) atoms. The highest BCUT2D eigenvalue weighted by Crippen LogP contribution is 2.44. The fourth-order valence-electron chi connectivity index (χ4n) is 4.45. The number of fused-ring (bicyclic) bond motifs is 1. The van der Waals surface area contributed by atoms with Crippen LogP contribution in [0.25, 0.3) is 5.57 Å². The first-order valence-corrected chi connectivity index (χ1v) is 12.9. The summed E-state index contributed by atoms with van der Waals surface area (Å²) in [4.78, 5) is 14.2. The van der Waals surface area contributed by atoms with Crippen LogP contribution in [-0.4, -0.2) is 27.8 Å². The van der Waals surface area contributed by atoms with E-state index in [1.54, 1.807) is 24.3 Å². The molecule has 2 amide bonds.